The topological polar surface area (TPSA) is 46.9 Å². The summed E-state index contributed by atoms with van der Waals surface area (Å²) in [6.45, 7) is 0. The Hall–Kier alpha value is -2.24. The number of amides is 1. The summed E-state index contributed by atoms with van der Waals surface area (Å²) in [6.07, 6.45) is 1.47. The first-order valence-electron chi connectivity index (χ1n) is 4.82. The van der Waals surface area contributed by atoms with Gasteiger partial charge in [-0.2, -0.15) is 5.10 Å². The van der Waals surface area contributed by atoms with E-state index in [0.717, 1.165) is 12.1 Å². The fourth-order valence-electron chi connectivity index (χ4n) is 1.37. The van der Waals surface area contributed by atoms with E-state index in [-0.39, 0.29) is 5.69 Å². The normalized spacial score (nSPS) is 10.3. The van der Waals surface area contributed by atoms with Crippen molar-refractivity contribution in [3.8, 4) is 0 Å². The zero-order valence-corrected chi connectivity index (χ0v) is 8.95. The molecule has 4 nitrogen and oxygen atoms in total. The first-order chi connectivity index (χ1) is 8.08. The molecule has 0 saturated heterocycles. The zero-order valence-electron chi connectivity index (χ0n) is 8.95. The summed E-state index contributed by atoms with van der Waals surface area (Å²) >= 11 is 0. The maximum Gasteiger partial charge on any atom is 0.273 e. The van der Waals surface area contributed by atoms with E-state index in [1.165, 1.54) is 23.0 Å². The highest BCUT2D eigenvalue weighted by atomic mass is 19.2. The molecule has 1 N–H and O–H groups in total. The van der Waals surface area contributed by atoms with E-state index >= 15 is 0 Å². The van der Waals surface area contributed by atoms with Crippen molar-refractivity contribution in [2.75, 3.05) is 5.32 Å². The Bertz CT molecular complexity index is 566. The average molecular weight is 237 g/mol. The number of anilines is 1. The molecule has 6 heteroatoms. The predicted octanol–water partition coefficient (Wildman–Crippen LogP) is 1.95. The van der Waals surface area contributed by atoms with Crippen molar-refractivity contribution in [3.63, 3.8) is 0 Å². The number of carbonyl (C=O) groups excluding carboxylic acids is 1. The van der Waals surface area contributed by atoms with E-state index < -0.39 is 17.5 Å². The molecule has 0 radical (unpaired) electrons. The first-order valence-corrected chi connectivity index (χ1v) is 4.82. The molecule has 1 amide bonds. The molecule has 0 saturated carbocycles. The third-order valence-corrected chi connectivity index (χ3v) is 2.23. The van der Waals surface area contributed by atoms with Gasteiger partial charge in [-0.1, -0.05) is 0 Å². The van der Waals surface area contributed by atoms with Crippen LogP contribution in [0.1, 0.15) is 10.5 Å². The fourth-order valence-corrected chi connectivity index (χ4v) is 1.37. The third-order valence-electron chi connectivity index (χ3n) is 2.23. The number of nitrogens with one attached hydrogen (secondary N) is 1. The number of hydrogen-bond acceptors (Lipinski definition) is 2. The van der Waals surface area contributed by atoms with Crippen LogP contribution in [0.4, 0.5) is 14.5 Å². The van der Waals surface area contributed by atoms with Gasteiger partial charge in [0.1, 0.15) is 5.69 Å². The lowest BCUT2D eigenvalue weighted by molar-refractivity contribution is 0.101. The second-order valence-electron chi connectivity index (χ2n) is 3.42. The van der Waals surface area contributed by atoms with Crippen LogP contribution in [0.25, 0.3) is 0 Å². The summed E-state index contributed by atoms with van der Waals surface area (Å²) in [5.41, 5.74) is 0.518. The molecule has 17 heavy (non-hydrogen) atoms. The van der Waals surface area contributed by atoms with E-state index in [0.29, 0.717) is 5.69 Å². The van der Waals surface area contributed by atoms with Crippen LogP contribution in [0.3, 0.4) is 0 Å². The van der Waals surface area contributed by atoms with Crippen molar-refractivity contribution in [3.05, 3.63) is 47.8 Å². The number of hydrogen-bond donors (Lipinski definition) is 1. The second kappa shape index (κ2) is 4.32. The van der Waals surface area contributed by atoms with Gasteiger partial charge in [0, 0.05) is 25.0 Å². The first kappa shape index (κ1) is 11.3. The number of carbonyl (C=O) groups is 1. The van der Waals surface area contributed by atoms with Gasteiger partial charge in [-0.15, -0.1) is 0 Å². The van der Waals surface area contributed by atoms with Gasteiger partial charge in [0.05, 0.1) is 0 Å². The van der Waals surface area contributed by atoms with E-state index in [1.54, 1.807) is 7.05 Å². The lowest BCUT2D eigenvalue weighted by atomic mass is 10.3. The number of rotatable bonds is 2. The summed E-state index contributed by atoms with van der Waals surface area (Å²) in [5, 5.41) is 6.28. The largest absolute Gasteiger partial charge is 0.321 e. The van der Waals surface area contributed by atoms with Crippen LogP contribution in [0.2, 0.25) is 0 Å². The summed E-state index contributed by atoms with van der Waals surface area (Å²) in [6, 6.07) is 4.68. The maximum atomic E-state index is 12.9. The minimum atomic E-state index is -1.01. The summed E-state index contributed by atoms with van der Waals surface area (Å²) in [4.78, 5) is 11.7. The molecule has 88 valence electrons. The van der Waals surface area contributed by atoms with Gasteiger partial charge in [-0.25, -0.2) is 8.78 Å². The van der Waals surface area contributed by atoms with Crippen molar-refractivity contribution < 1.29 is 13.6 Å². The Morgan fingerprint density at radius 1 is 1.29 bits per heavy atom. The van der Waals surface area contributed by atoms with Gasteiger partial charge >= 0.3 is 0 Å². The molecule has 1 heterocycles. The Balaban J connectivity index is 2.19. The van der Waals surface area contributed by atoms with Crippen LogP contribution in [0.5, 0.6) is 0 Å². The Kier molecular flexibility index (Phi) is 2.86. The molecule has 2 aromatic rings. The third kappa shape index (κ3) is 2.30. The van der Waals surface area contributed by atoms with Crippen molar-refractivity contribution >= 4 is 11.6 Å². The van der Waals surface area contributed by atoms with Crippen LogP contribution in [-0.4, -0.2) is 15.7 Å². The quantitative estimate of drug-likeness (QED) is 0.867. The predicted molar refractivity (Wildman–Crippen MR) is 57.5 cm³/mol. The van der Waals surface area contributed by atoms with Gasteiger partial charge in [0.2, 0.25) is 0 Å². The highest BCUT2D eigenvalue weighted by Gasteiger charge is 2.11. The van der Waals surface area contributed by atoms with E-state index in [2.05, 4.69) is 10.4 Å². The van der Waals surface area contributed by atoms with Gasteiger partial charge < -0.3 is 5.32 Å². The van der Waals surface area contributed by atoms with Crippen LogP contribution >= 0.6 is 0 Å². The molecule has 0 spiro atoms. The number of aromatic nitrogens is 2. The Labute approximate surface area is 95.9 Å². The molecule has 1 aromatic heterocycles. The minimum Gasteiger partial charge on any atom is -0.321 e. The van der Waals surface area contributed by atoms with E-state index in [9.17, 15) is 13.6 Å². The number of aryl methyl sites for hydroxylation is 1. The van der Waals surface area contributed by atoms with E-state index in [1.807, 2.05) is 0 Å². The Morgan fingerprint density at radius 2 is 2.06 bits per heavy atom. The fraction of sp³-hybridized carbons (Fsp3) is 0.0909. The number of nitrogens with zero attached hydrogens (tertiary/aromatic N) is 2. The molecule has 0 fully saturated rings. The monoisotopic (exact) mass is 237 g/mol. The molecule has 2 rings (SSSR count). The van der Waals surface area contributed by atoms with Crippen molar-refractivity contribution in [2.24, 2.45) is 7.05 Å². The van der Waals surface area contributed by atoms with Gasteiger partial charge in [-0.3, -0.25) is 9.48 Å². The standard InChI is InChI=1S/C11H9F2N3O/c1-16-10(4-5-14-16)11(17)15-7-2-3-8(12)9(13)6-7/h2-6H,1H3,(H,15,17). The smallest absolute Gasteiger partial charge is 0.273 e. The zero-order chi connectivity index (χ0) is 12.4. The average Bonchev–Trinajstić information content (AvgIpc) is 2.70. The van der Waals surface area contributed by atoms with Crippen molar-refractivity contribution in [2.45, 2.75) is 0 Å². The van der Waals surface area contributed by atoms with Crippen molar-refractivity contribution in [1.29, 1.82) is 0 Å². The molecular weight excluding hydrogens is 228 g/mol. The SMILES string of the molecule is Cn1nccc1C(=O)Nc1ccc(F)c(F)c1. The number of benzene rings is 1. The minimum absolute atomic E-state index is 0.190. The van der Waals surface area contributed by atoms with Crippen LogP contribution in [-0.2, 0) is 7.05 Å². The Morgan fingerprint density at radius 3 is 2.65 bits per heavy atom. The molecule has 1 aromatic carbocycles. The molecule has 0 atom stereocenters. The van der Waals surface area contributed by atoms with Crippen LogP contribution in [0.15, 0.2) is 30.5 Å². The van der Waals surface area contributed by atoms with Crippen LogP contribution < -0.4 is 5.32 Å². The summed E-state index contributed by atoms with van der Waals surface area (Å²) < 4.78 is 27.0. The highest BCUT2D eigenvalue weighted by Crippen LogP contribution is 2.14. The lowest BCUT2D eigenvalue weighted by Crippen LogP contribution is -2.16. The highest BCUT2D eigenvalue weighted by molar-refractivity contribution is 6.02. The molecule has 0 aliphatic rings. The molecular formula is C11H9F2N3O. The molecule has 0 aliphatic heterocycles. The van der Waals surface area contributed by atoms with Gasteiger partial charge in [-0.05, 0) is 18.2 Å². The van der Waals surface area contributed by atoms with Crippen molar-refractivity contribution in [1.82, 2.24) is 9.78 Å². The van der Waals surface area contributed by atoms with Crippen LogP contribution in [0, 0.1) is 11.6 Å². The molecule has 0 unspecified atom stereocenters. The van der Waals surface area contributed by atoms with E-state index in [4.69, 9.17) is 0 Å². The molecule has 0 aliphatic carbocycles. The summed E-state index contributed by atoms with van der Waals surface area (Å²) in [7, 11) is 1.61. The lowest BCUT2D eigenvalue weighted by Gasteiger charge is -2.05. The maximum absolute atomic E-state index is 12.9. The van der Waals surface area contributed by atoms with Gasteiger partial charge in [0.15, 0.2) is 11.6 Å². The second-order valence-corrected chi connectivity index (χ2v) is 3.42. The summed E-state index contributed by atoms with van der Waals surface area (Å²) in [5.74, 6) is -2.40. The van der Waals surface area contributed by atoms with Gasteiger partial charge in [0.25, 0.3) is 5.91 Å². The molecule has 0 bridgehead atoms. The number of halogens is 2.